The molecule has 126 valence electrons. The van der Waals surface area contributed by atoms with Crippen molar-refractivity contribution in [3.05, 3.63) is 65.7 Å². The van der Waals surface area contributed by atoms with E-state index < -0.39 is 0 Å². The maximum absolute atomic E-state index is 12.2. The summed E-state index contributed by atoms with van der Waals surface area (Å²) in [6.45, 7) is 3.15. The van der Waals surface area contributed by atoms with Crippen molar-refractivity contribution in [3.63, 3.8) is 0 Å². The molecule has 0 saturated heterocycles. The standard InChI is InChI=1S/C21H25NO2/c1-2-22-20-14-7-6-13-19(20)17-11-8-12-18(15-17)24-21(23)16-9-4-3-5-10-16/h3-5,8-12,15,19-20,22H,2,6-7,13-14H2,1H3/t19-,20+/m1/s1. The molecule has 0 aromatic heterocycles. The molecule has 0 heterocycles. The van der Waals surface area contributed by atoms with E-state index in [1.807, 2.05) is 36.4 Å². The fourth-order valence-corrected chi connectivity index (χ4v) is 3.59. The Morgan fingerprint density at radius 2 is 1.88 bits per heavy atom. The summed E-state index contributed by atoms with van der Waals surface area (Å²) < 4.78 is 5.57. The highest BCUT2D eigenvalue weighted by molar-refractivity contribution is 5.90. The number of hydrogen-bond donors (Lipinski definition) is 1. The van der Waals surface area contributed by atoms with Gasteiger partial charge in [-0.05, 0) is 55.1 Å². The largest absolute Gasteiger partial charge is 0.423 e. The highest BCUT2D eigenvalue weighted by Crippen LogP contribution is 2.34. The van der Waals surface area contributed by atoms with Gasteiger partial charge in [0, 0.05) is 6.04 Å². The summed E-state index contributed by atoms with van der Waals surface area (Å²) in [5.74, 6) is 0.816. The molecule has 3 nitrogen and oxygen atoms in total. The second-order valence-corrected chi connectivity index (χ2v) is 6.38. The minimum Gasteiger partial charge on any atom is -0.423 e. The van der Waals surface area contributed by atoms with Gasteiger partial charge in [0.05, 0.1) is 5.56 Å². The predicted molar refractivity (Wildman–Crippen MR) is 96.5 cm³/mol. The van der Waals surface area contributed by atoms with Gasteiger partial charge in [-0.2, -0.15) is 0 Å². The molecule has 1 N–H and O–H groups in total. The molecule has 0 unspecified atom stereocenters. The maximum atomic E-state index is 12.2. The molecule has 0 spiro atoms. The van der Waals surface area contributed by atoms with E-state index in [0.29, 0.717) is 23.3 Å². The Morgan fingerprint density at radius 1 is 1.08 bits per heavy atom. The lowest BCUT2D eigenvalue weighted by atomic mass is 9.80. The molecule has 0 aliphatic heterocycles. The van der Waals surface area contributed by atoms with Gasteiger partial charge in [-0.3, -0.25) is 0 Å². The summed E-state index contributed by atoms with van der Waals surface area (Å²) in [6, 6.07) is 17.7. The van der Waals surface area contributed by atoms with E-state index in [4.69, 9.17) is 4.74 Å². The summed E-state index contributed by atoms with van der Waals surface area (Å²) in [5.41, 5.74) is 1.84. The molecule has 0 radical (unpaired) electrons. The smallest absolute Gasteiger partial charge is 0.343 e. The van der Waals surface area contributed by atoms with Crippen molar-refractivity contribution in [2.75, 3.05) is 6.54 Å². The number of hydrogen-bond acceptors (Lipinski definition) is 3. The lowest BCUT2D eigenvalue weighted by molar-refractivity contribution is 0.0734. The van der Waals surface area contributed by atoms with Crippen LogP contribution in [-0.2, 0) is 0 Å². The van der Waals surface area contributed by atoms with Crippen molar-refractivity contribution >= 4 is 5.97 Å². The Balaban J connectivity index is 1.75. The molecule has 2 aromatic carbocycles. The maximum Gasteiger partial charge on any atom is 0.343 e. The fourth-order valence-electron chi connectivity index (χ4n) is 3.59. The minimum atomic E-state index is -0.306. The van der Waals surface area contributed by atoms with Crippen LogP contribution in [0.15, 0.2) is 54.6 Å². The molecular weight excluding hydrogens is 298 g/mol. The van der Waals surface area contributed by atoms with Crippen LogP contribution in [0.25, 0.3) is 0 Å². The molecule has 1 saturated carbocycles. The third-order valence-corrected chi connectivity index (χ3v) is 4.74. The normalized spacial score (nSPS) is 20.5. The number of rotatable bonds is 5. The van der Waals surface area contributed by atoms with Crippen molar-refractivity contribution in [3.8, 4) is 5.75 Å². The zero-order valence-electron chi connectivity index (χ0n) is 14.2. The first-order chi connectivity index (χ1) is 11.8. The minimum absolute atomic E-state index is 0.306. The SMILES string of the molecule is CCN[C@H]1CCCC[C@@H]1c1cccc(OC(=O)c2ccccc2)c1. The zero-order valence-corrected chi connectivity index (χ0v) is 14.2. The van der Waals surface area contributed by atoms with Crippen molar-refractivity contribution < 1.29 is 9.53 Å². The molecular formula is C21H25NO2. The average Bonchev–Trinajstić information content (AvgIpc) is 2.63. The molecule has 1 aliphatic carbocycles. The highest BCUT2D eigenvalue weighted by Gasteiger charge is 2.26. The first kappa shape index (κ1) is 16.7. The first-order valence-electron chi connectivity index (χ1n) is 8.88. The fraction of sp³-hybridized carbons (Fsp3) is 0.381. The Labute approximate surface area is 144 Å². The third kappa shape index (κ3) is 4.04. The number of esters is 1. The van der Waals surface area contributed by atoms with Crippen LogP contribution in [0.2, 0.25) is 0 Å². The van der Waals surface area contributed by atoms with Crippen LogP contribution in [0.3, 0.4) is 0 Å². The van der Waals surface area contributed by atoms with Gasteiger partial charge >= 0.3 is 5.97 Å². The van der Waals surface area contributed by atoms with Crippen molar-refractivity contribution in [1.82, 2.24) is 5.32 Å². The molecule has 3 rings (SSSR count). The van der Waals surface area contributed by atoms with E-state index in [1.165, 1.54) is 31.2 Å². The van der Waals surface area contributed by atoms with E-state index in [1.54, 1.807) is 12.1 Å². The van der Waals surface area contributed by atoms with Crippen LogP contribution in [0, 0.1) is 0 Å². The Morgan fingerprint density at radius 3 is 2.67 bits per heavy atom. The molecule has 3 heteroatoms. The second kappa shape index (κ2) is 8.11. The Bertz CT molecular complexity index is 667. The van der Waals surface area contributed by atoms with Crippen molar-refractivity contribution in [2.24, 2.45) is 0 Å². The van der Waals surface area contributed by atoms with Crippen LogP contribution in [0.4, 0.5) is 0 Å². The van der Waals surface area contributed by atoms with Gasteiger partial charge in [0.2, 0.25) is 0 Å². The van der Waals surface area contributed by atoms with E-state index in [0.717, 1.165) is 6.54 Å². The Kier molecular flexibility index (Phi) is 5.65. The number of likely N-dealkylation sites (N-methyl/N-ethyl adjacent to an activating group) is 1. The number of ether oxygens (including phenoxy) is 1. The third-order valence-electron chi connectivity index (χ3n) is 4.74. The lowest BCUT2D eigenvalue weighted by Crippen LogP contribution is -2.37. The molecule has 24 heavy (non-hydrogen) atoms. The topological polar surface area (TPSA) is 38.3 Å². The highest BCUT2D eigenvalue weighted by atomic mass is 16.5. The molecule has 0 bridgehead atoms. The predicted octanol–water partition coefficient (Wildman–Crippen LogP) is 4.54. The summed E-state index contributed by atoms with van der Waals surface area (Å²) >= 11 is 0. The van der Waals surface area contributed by atoms with E-state index in [-0.39, 0.29) is 5.97 Å². The molecule has 0 amide bonds. The lowest BCUT2D eigenvalue weighted by Gasteiger charge is -2.32. The summed E-state index contributed by atoms with van der Waals surface area (Å²) in [7, 11) is 0. The first-order valence-corrected chi connectivity index (χ1v) is 8.88. The quantitative estimate of drug-likeness (QED) is 0.648. The van der Waals surface area contributed by atoms with E-state index in [9.17, 15) is 4.79 Å². The Hall–Kier alpha value is -2.13. The van der Waals surface area contributed by atoms with Gasteiger partial charge in [-0.1, -0.05) is 50.1 Å². The monoisotopic (exact) mass is 323 g/mol. The van der Waals surface area contributed by atoms with E-state index in [2.05, 4.69) is 18.3 Å². The van der Waals surface area contributed by atoms with Crippen molar-refractivity contribution in [2.45, 2.75) is 44.6 Å². The number of benzene rings is 2. The zero-order chi connectivity index (χ0) is 16.8. The van der Waals surface area contributed by atoms with Gasteiger partial charge in [0.1, 0.15) is 5.75 Å². The van der Waals surface area contributed by atoms with Gasteiger partial charge < -0.3 is 10.1 Å². The van der Waals surface area contributed by atoms with Crippen LogP contribution in [-0.4, -0.2) is 18.6 Å². The average molecular weight is 323 g/mol. The van der Waals surface area contributed by atoms with Crippen LogP contribution < -0.4 is 10.1 Å². The number of carbonyl (C=O) groups excluding carboxylic acids is 1. The number of carbonyl (C=O) groups is 1. The summed E-state index contributed by atoms with van der Waals surface area (Å²) in [4.78, 5) is 12.2. The van der Waals surface area contributed by atoms with Crippen molar-refractivity contribution in [1.29, 1.82) is 0 Å². The van der Waals surface area contributed by atoms with Gasteiger partial charge in [-0.15, -0.1) is 0 Å². The molecule has 2 atom stereocenters. The summed E-state index contributed by atoms with van der Waals surface area (Å²) in [5, 5.41) is 3.61. The van der Waals surface area contributed by atoms with Gasteiger partial charge in [-0.25, -0.2) is 4.79 Å². The van der Waals surface area contributed by atoms with Gasteiger partial charge in [0.15, 0.2) is 0 Å². The van der Waals surface area contributed by atoms with Crippen LogP contribution in [0.5, 0.6) is 5.75 Å². The molecule has 1 fully saturated rings. The number of nitrogens with one attached hydrogen (secondary N) is 1. The summed E-state index contributed by atoms with van der Waals surface area (Å²) in [6.07, 6.45) is 4.96. The van der Waals surface area contributed by atoms with E-state index >= 15 is 0 Å². The van der Waals surface area contributed by atoms with Gasteiger partial charge in [0.25, 0.3) is 0 Å². The van der Waals surface area contributed by atoms with Crippen LogP contribution >= 0.6 is 0 Å². The van der Waals surface area contributed by atoms with Crippen LogP contribution in [0.1, 0.15) is 54.4 Å². The second-order valence-electron chi connectivity index (χ2n) is 6.38. The molecule has 1 aliphatic rings. The molecule has 2 aromatic rings.